The minimum absolute atomic E-state index is 0.0641. The van der Waals surface area contributed by atoms with E-state index < -0.39 is 0 Å². The zero-order valence-corrected chi connectivity index (χ0v) is 11.7. The lowest BCUT2D eigenvalue weighted by molar-refractivity contribution is 0.327. The molecule has 1 aromatic carbocycles. The first-order chi connectivity index (χ1) is 9.04. The van der Waals surface area contributed by atoms with Gasteiger partial charge in [0.2, 0.25) is 0 Å². The van der Waals surface area contributed by atoms with E-state index in [0.29, 0.717) is 6.61 Å². The molecule has 0 saturated heterocycles. The maximum atomic E-state index is 5.70. The zero-order chi connectivity index (χ0) is 13.7. The van der Waals surface area contributed by atoms with E-state index in [-0.39, 0.29) is 5.41 Å². The maximum absolute atomic E-state index is 5.70. The average Bonchev–Trinajstić information content (AvgIpc) is 2.37. The normalized spacial score (nSPS) is 10.9. The lowest BCUT2D eigenvalue weighted by Gasteiger charge is -2.07. The van der Waals surface area contributed by atoms with E-state index in [1.165, 1.54) is 0 Å². The van der Waals surface area contributed by atoms with Gasteiger partial charge in [-0.15, -0.1) is 0 Å². The molecule has 2 rings (SSSR count). The quantitative estimate of drug-likeness (QED) is 0.608. The largest absolute Gasteiger partial charge is 0.493 e. The molecule has 0 radical (unpaired) electrons. The fraction of sp³-hybridized carbons (Fsp3) is 0.353. The molecular weight excluding hydrogens is 234 g/mol. The van der Waals surface area contributed by atoms with Crippen molar-refractivity contribution in [2.45, 2.75) is 27.2 Å². The fourth-order valence-corrected chi connectivity index (χ4v) is 1.69. The van der Waals surface area contributed by atoms with E-state index in [9.17, 15) is 0 Å². The molecule has 2 heteroatoms. The van der Waals surface area contributed by atoms with Gasteiger partial charge in [-0.3, -0.25) is 4.98 Å². The second kappa shape index (κ2) is 5.75. The van der Waals surface area contributed by atoms with Crippen molar-refractivity contribution in [2.24, 2.45) is 5.41 Å². The van der Waals surface area contributed by atoms with Crippen molar-refractivity contribution < 1.29 is 4.74 Å². The predicted molar refractivity (Wildman–Crippen MR) is 79.1 cm³/mol. The summed E-state index contributed by atoms with van der Waals surface area (Å²) in [4.78, 5) is 4.28. The van der Waals surface area contributed by atoms with E-state index in [1.807, 2.05) is 30.3 Å². The third-order valence-electron chi connectivity index (χ3n) is 2.53. The fourth-order valence-electron chi connectivity index (χ4n) is 1.69. The number of rotatable bonds is 3. The van der Waals surface area contributed by atoms with Gasteiger partial charge in [-0.25, -0.2) is 0 Å². The third-order valence-corrected chi connectivity index (χ3v) is 2.53. The summed E-state index contributed by atoms with van der Waals surface area (Å²) in [5.41, 5.74) is 1.05. The summed E-state index contributed by atoms with van der Waals surface area (Å²) in [6, 6.07) is 9.91. The first-order valence-electron chi connectivity index (χ1n) is 6.52. The number of nitrogens with zero attached hydrogens (tertiary/aromatic N) is 1. The molecule has 0 spiro atoms. The van der Waals surface area contributed by atoms with Crippen LogP contribution in [0.4, 0.5) is 0 Å². The van der Waals surface area contributed by atoms with Crippen molar-refractivity contribution >= 4 is 10.9 Å². The van der Waals surface area contributed by atoms with Crippen LogP contribution in [0.3, 0.4) is 0 Å². The highest BCUT2D eigenvalue weighted by molar-refractivity contribution is 5.79. The van der Waals surface area contributed by atoms with Gasteiger partial charge in [-0.1, -0.05) is 17.9 Å². The van der Waals surface area contributed by atoms with Crippen LogP contribution in [0.2, 0.25) is 0 Å². The summed E-state index contributed by atoms with van der Waals surface area (Å²) >= 11 is 0. The second-order valence-electron chi connectivity index (χ2n) is 5.51. The van der Waals surface area contributed by atoms with Gasteiger partial charge in [0.05, 0.1) is 12.1 Å². The Morgan fingerprint density at radius 2 is 2.05 bits per heavy atom. The van der Waals surface area contributed by atoms with Crippen LogP contribution in [0.5, 0.6) is 5.75 Å². The van der Waals surface area contributed by atoms with Crippen LogP contribution in [0.15, 0.2) is 36.5 Å². The molecule has 0 saturated carbocycles. The summed E-state index contributed by atoms with van der Waals surface area (Å²) < 4.78 is 5.70. The molecule has 0 amide bonds. The van der Waals surface area contributed by atoms with E-state index in [0.717, 1.165) is 23.1 Å². The van der Waals surface area contributed by atoms with Crippen molar-refractivity contribution in [3.8, 4) is 17.6 Å². The summed E-state index contributed by atoms with van der Waals surface area (Å²) in [5, 5.41) is 1.10. The Balaban J connectivity index is 1.93. The van der Waals surface area contributed by atoms with Crippen molar-refractivity contribution in [1.82, 2.24) is 4.98 Å². The minimum atomic E-state index is 0.0641. The van der Waals surface area contributed by atoms with Gasteiger partial charge in [0, 0.05) is 23.4 Å². The molecule has 0 unspecified atom stereocenters. The molecule has 1 heterocycles. The van der Waals surface area contributed by atoms with Crippen LogP contribution in [0, 0.1) is 17.3 Å². The molecule has 19 heavy (non-hydrogen) atoms. The molecule has 2 nitrogen and oxygen atoms in total. The molecule has 0 fully saturated rings. The van der Waals surface area contributed by atoms with Gasteiger partial charge in [-0.2, -0.15) is 0 Å². The summed E-state index contributed by atoms with van der Waals surface area (Å²) in [5.74, 6) is 7.22. The van der Waals surface area contributed by atoms with E-state index >= 15 is 0 Å². The highest BCUT2D eigenvalue weighted by Crippen LogP contribution is 2.19. The van der Waals surface area contributed by atoms with Crippen molar-refractivity contribution in [2.75, 3.05) is 6.61 Å². The molecule has 98 valence electrons. The summed E-state index contributed by atoms with van der Waals surface area (Å²) in [7, 11) is 0. The molecule has 0 aliphatic carbocycles. The van der Waals surface area contributed by atoms with E-state index in [2.05, 4.69) is 37.6 Å². The monoisotopic (exact) mass is 253 g/mol. The highest BCUT2D eigenvalue weighted by Gasteiger charge is 2.02. The maximum Gasteiger partial charge on any atom is 0.120 e. The van der Waals surface area contributed by atoms with Crippen molar-refractivity contribution in [1.29, 1.82) is 0 Å². The third kappa shape index (κ3) is 4.30. The van der Waals surface area contributed by atoms with Crippen LogP contribution in [0.25, 0.3) is 10.9 Å². The lowest BCUT2D eigenvalue weighted by atomic mass is 9.98. The Hall–Kier alpha value is -2.01. The molecule has 0 atom stereocenters. The number of pyridine rings is 1. The van der Waals surface area contributed by atoms with Gasteiger partial charge in [-0.05, 0) is 45.0 Å². The molecular formula is C17H19NO. The van der Waals surface area contributed by atoms with Crippen LogP contribution >= 0.6 is 0 Å². The van der Waals surface area contributed by atoms with Gasteiger partial charge >= 0.3 is 0 Å². The number of hydrogen-bond acceptors (Lipinski definition) is 2. The number of benzene rings is 1. The predicted octanol–water partition coefficient (Wildman–Crippen LogP) is 4.05. The lowest BCUT2D eigenvalue weighted by Crippen LogP contribution is -2.00. The molecule has 0 bridgehead atoms. The smallest absolute Gasteiger partial charge is 0.120 e. The Morgan fingerprint density at radius 3 is 2.84 bits per heavy atom. The standard InChI is InChI=1S/C17H19NO/c1-17(2,3)10-4-5-12-19-15-8-9-16-14(13-15)7-6-11-18-16/h6-9,11,13H,5,12H2,1-3H3. The van der Waals surface area contributed by atoms with Crippen molar-refractivity contribution in [3.63, 3.8) is 0 Å². The Bertz CT molecular complexity index is 614. The minimum Gasteiger partial charge on any atom is -0.493 e. The second-order valence-corrected chi connectivity index (χ2v) is 5.51. The van der Waals surface area contributed by atoms with Gasteiger partial charge in [0.15, 0.2) is 0 Å². The van der Waals surface area contributed by atoms with Gasteiger partial charge < -0.3 is 4.74 Å². The summed E-state index contributed by atoms with van der Waals surface area (Å²) in [6.45, 7) is 6.94. The molecule has 0 aliphatic heterocycles. The molecule has 1 aromatic heterocycles. The number of ether oxygens (including phenoxy) is 1. The number of aromatic nitrogens is 1. The van der Waals surface area contributed by atoms with Crippen LogP contribution in [-0.2, 0) is 0 Å². The van der Waals surface area contributed by atoms with Crippen LogP contribution in [-0.4, -0.2) is 11.6 Å². The molecule has 0 N–H and O–H groups in total. The SMILES string of the molecule is CC(C)(C)C#CCCOc1ccc2ncccc2c1. The first-order valence-corrected chi connectivity index (χ1v) is 6.52. The van der Waals surface area contributed by atoms with E-state index in [1.54, 1.807) is 6.20 Å². The Morgan fingerprint density at radius 1 is 1.21 bits per heavy atom. The van der Waals surface area contributed by atoms with Crippen LogP contribution in [0.1, 0.15) is 27.2 Å². The van der Waals surface area contributed by atoms with E-state index in [4.69, 9.17) is 4.74 Å². The summed E-state index contributed by atoms with van der Waals surface area (Å²) in [6.07, 6.45) is 2.55. The van der Waals surface area contributed by atoms with Gasteiger partial charge in [0.25, 0.3) is 0 Å². The molecule has 0 aliphatic rings. The first kappa shape index (κ1) is 13.4. The number of fused-ring (bicyclic) bond motifs is 1. The zero-order valence-electron chi connectivity index (χ0n) is 11.7. The van der Waals surface area contributed by atoms with Crippen molar-refractivity contribution in [3.05, 3.63) is 36.5 Å². The average molecular weight is 253 g/mol. The topological polar surface area (TPSA) is 22.1 Å². The Labute approximate surface area is 114 Å². The number of hydrogen-bond donors (Lipinski definition) is 0. The van der Waals surface area contributed by atoms with Gasteiger partial charge in [0.1, 0.15) is 5.75 Å². The van der Waals surface area contributed by atoms with Crippen LogP contribution < -0.4 is 4.74 Å². The highest BCUT2D eigenvalue weighted by atomic mass is 16.5. The molecule has 2 aromatic rings. The Kier molecular flexibility index (Phi) is 4.06.